The van der Waals surface area contributed by atoms with Gasteiger partial charge in [0.25, 0.3) is 5.69 Å². The fourth-order valence-electron chi connectivity index (χ4n) is 3.27. The number of hydrogen-bond acceptors (Lipinski definition) is 5. The average Bonchev–Trinajstić information content (AvgIpc) is 2.68. The lowest BCUT2D eigenvalue weighted by atomic mass is 10.0. The Hall–Kier alpha value is -2.99. The topological polar surface area (TPSA) is 71.3 Å². The first kappa shape index (κ1) is 18.8. The molecule has 0 radical (unpaired) electrons. The Balaban J connectivity index is 1.87. The van der Waals surface area contributed by atoms with Crippen molar-refractivity contribution in [3.05, 3.63) is 76.1 Å². The van der Waals surface area contributed by atoms with Crippen LogP contribution in [0.4, 0.5) is 11.4 Å². The predicted molar refractivity (Wildman–Crippen MR) is 109 cm³/mol. The number of benzene rings is 2. The number of pyridine rings is 1. The molecular weight excluding hydrogens is 340 g/mol. The summed E-state index contributed by atoms with van der Waals surface area (Å²) >= 11 is 0. The number of rotatable bonds is 7. The molecular formula is C21H24N4O2. The Morgan fingerprint density at radius 2 is 1.85 bits per heavy atom. The monoisotopic (exact) mass is 364 g/mol. The second-order valence-corrected chi connectivity index (χ2v) is 6.77. The van der Waals surface area contributed by atoms with Gasteiger partial charge in [0, 0.05) is 36.1 Å². The number of fused-ring (bicyclic) bond motifs is 1. The second kappa shape index (κ2) is 8.14. The smallest absolute Gasteiger partial charge is 0.278 e. The van der Waals surface area contributed by atoms with Gasteiger partial charge in [-0.1, -0.05) is 31.2 Å². The summed E-state index contributed by atoms with van der Waals surface area (Å²) in [5, 5.41) is 16.1. The molecule has 0 aliphatic carbocycles. The highest BCUT2D eigenvalue weighted by Crippen LogP contribution is 2.31. The molecule has 0 spiro atoms. The maximum absolute atomic E-state index is 11.3. The Labute approximate surface area is 159 Å². The van der Waals surface area contributed by atoms with E-state index in [2.05, 4.69) is 60.5 Å². The Morgan fingerprint density at radius 1 is 1.11 bits per heavy atom. The molecule has 0 aliphatic rings. The van der Waals surface area contributed by atoms with Crippen molar-refractivity contribution in [2.45, 2.75) is 19.4 Å². The van der Waals surface area contributed by atoms with Gasteiger partial charge in [0.1, 0.15) is 0 Å². The van der Waals surface area contributed by atoms with Gasteiger partial charge >= 0.3 is 0 Å². The second-order valence-electron chi connectivity index (χ2n) is 6.77. The third-order valence-corrected chi connectivity index (χ3v) is 4.87. The largest absolute Gasteiger partial charge is 0.383 e. The van der Waals surface area contributed by atoms with Crippen molar-refractivity contribution in [3.8, 4) is 0 Å². The molecule has 0 amide bonds. The van der Waals surface area contributed by atoms with Crippen molar-refractivity contribution < 1.29 is 4.92 Å². The van der Waals surface area contributed by atoms with Crippen LogP contribution in [0.5, 0.6) is 0 Å². The fraction of sp³-hybridized carbons (Fsp3) is 0.286. The van der Waals surface area contributed by atoms with E-state index in [1.165, 1.54) is 17.2 Å². The molecule has 0 saturated heterocycles. The van der Waals surface area contributed by atoms with Crippen LogP contribution in [0.3, 0.4) is 0 Å². The molecule has 140 valence electrons. The Kier molecular flexibility index (Phi) is 5.66. The summed E-state index contributed by atoms with van der Waals surface area (Å²) in [4.78, 5) is 17.1. The van der Waals surface area contributed by atoms with Gasteiger partial charge in [0.15, 0.2) is 0 Å². The standard InChI is InChI=1S/C21H24N4O2/c1-4-15-5-7-16(8-6-15)21(24(2)3)14-23-19-9-10-20(25(26)27)18-13-22-12-11-17(18)19/h5-13,21,23H,4,14H2,1-3H3. The van der Waals surface area contributed by atoms with Crippen LogP contribution in [-0.2, 0) is 6.42 Å². The molecule has 0 fully saturated rings. The van der Waals surface area contributed by atoms with Gasteiger partial charge in [-0.2, -0.15) is 0 Å². The number of non-ortho nitro benzene ring substituents is 1. The number of hydrogen-bond donors (Lipinski definition) is 1. The number of nitrogens with zero attached hydrogens (tertiary/aromatic N) is 3. The van der Waals surface area contributed by atoms with Crippen LogP contribution in [0, 0.1) is 10.1 Å². The van der Waals surface area contributed by atoms with E-state index in [0.717, 1.165) is 17.5 Å². The average molecular weight is 364 g/mol. The normalized spacial score (nSPS) is 12.3. The first-order valence-corrected chi connectivity index (χ1v) is 9.01. The van der Waals surface area contributed by atoms with Crippen LogP contribution in [0.2, 0.25) is 0 Å². The lowest BCUT2D eigenvalue weighted by molar-refractivity contribution is -0.383. The van der Waals surface area contributed by atoms with E-state index in [-0.39, 0.29) is 16.7 Å². The van der Waals surface area contributed by atoms with Crippen LogP contribution in [0.15, 0.2) is 54.9 Å². The summed E-state index contributed by atoms with van der Waals surface area (Å²) in [5.74, 6) is 0. The third-order valence-electron chi connectivity index (χ3n) is 4.87. The molecule has 6 nitrogen and oxygen atoms in total. The minimum atomic E-state index is -0.369. The van der Waals surface area contributed by atoms with Crippen molar-refractivity contribution >= 4 is 22.1 Å². The Bertz CT molecular complexity index is 939. The molecule has 0 saturated carbocycles. The van der Waals surface area contributed by atoms with E-state index in [9.17, 15) is 10.1 Å². The molecule has 0 bridgehead atoms. The van der Waals surface area contributed by atoms with E-state index in [4.69, 9.17) is 0 Å². The molecule has 3 rings (SSSR count). The van der Waals surface area contributed by atoms with E-state index >= 15 is 0 Å². The number of aryl methyl sites for hydroxylation is 1. The molecule has 1 unspecified atom stereocenters. The van der Waals surface area contributed by atoms with Crippen molar-refractivity contribution in [1.29, 1.82) is 0 Å². The van der Waals surface area contributed by atoms with Crippen molar-refractivity contribution in [2.24, 2.45) is 0 Å². The summed E-state index contributed by atoms with van der Waals surface area (Å²) in [5.41, 5.74) is 3.49. The molecule has 1 atom stereocenters. The van der Waals surface area contributed by atoms with E-state index < -0.39 is 0 Å². The zero-order valence-electron chi connectivity index (χ0n) is 15.8. The van der Waals surface area contributed by atoms with E-state index in [1.54, 1.807) is 18.5 Å². The number of nitro benzene ring substituents is 1. The lowest BCUT2D eigenvalue weighted by Gasteiger charge is -2.26. The summed E-state index contributed by atoms with van der Waals surface area (Å²) in [7, 11) is 4.11. The number of likely N-dealkylation sites (N-methyl/N-ethyl adjacent to an activating group) is 1. The first-order chi connectivity index (χ1) is 13.0. The molecule has 27 heavy (non-hydrogen) atoms. The van der Waals surface area contributed by atoms with Gasteiger partial charge in [-0.05, 0) is 43.8 Å². The van der Waals surface area contributed by atoms with Crippen LogP contribution in [-0.4, -0.2) is 35.4 Å². The molecule has 1 N–H and O–H groups in total. The summed E-state index contributed by atoms with van der Waals surface area (Å²) in [6.45, 7) is 2.84. The lowest BCUT2D eigenvalue weighted by Crippen LogP contribution is -2.26. The third kappa shape index (κ3) is 4.06. The molecule has 3 aromatic rings. The number of anilines is 1. The SMILES string of the molecule is CCc1ccc(C(CNc2ccc([N+](=O)[O-])c3cnccc23)N(C)C)cc1. The van der Waals surface area contributed by atoms with Crippen LogP contribution >= 0.6 is 0 Å². The zero-order valence-corrected chi connectivity index (χ0v) is 15.8. The van der Waals surface area contributed by atoms with Gasteiger partial charge in [-0.3, -0.25) is 15.1 Å². The summed E-state index contributed by atoms with van der Waals surface area (Å²) in [6, 6.07) is 14.0. The molecule has 6 heteroatoms. The molecule has 0 aliphatic heterocycles. The molecule has 2 aromatic carbocycles. The highest BCUT2D eigenvalue weighted by molar-refractivity contribution is 5.99. The predicted octanol–water partition coefficient (Wildman–Crippen LogP) is 4.42. The van der Waals surface area contributed by atoms with Gasteiger partial charge in [-0.15, -0.1) is 0 Å². The maximum atomic E-state index is 11.3. The van der Waals surface area contributed by atoms with Crippen molar-refractivity contribution in [3.63, 3.8) is 0 Å². The minimum Gasteiger partial charge on any atom is -0.383 e. The van der Waals surface area contributed by atoms with Crippen LogP contribution < -0.4 is 5.32 Å². The summed E-state index contributed by atoms with van der Waals surface area (Å²) in [6.07, 6.45) is 4.23. The fourth-order valence-corrected chi connectivity index (χ4v) is 3.27. The Morgan fingerprint density at radius 3 is 2.48 bits per heavy atom. The van der Waals surface area contributed by atoms with Gasteiger partial charge < -0.3 is 10.2 Å². The first-order valence-electron chi connectivity index (χ1n) is 9.01. The number of nitrogens with one attached hydrogen (secondary N) is 1. The van der Waals surface area contributed by atoms with Gasteiger partial charge in [-0.25, -0.2) is 0 Å². The van der Waals surface area contributed by atoms with E-state index in [0.29, 0.717) is 11.9 Å². The molecule has 1 aromatic heterocycles. The van der Waals surface area contributed by atoms with Crippen LogP contribution in [0.1, 0.15) is 24.1 Å². The van der Waals surface area contributed by atoms with Crippen molar-refractivity contribution in [2.75, 3.05) is 26.0 Å². The number of aromatic nitrogens is 1. The molecule has 1 heterocycles. The zero-order chi connectivity index (χ0) is 19.4. The van der Waals surface area contributed by atoms with Gasteiger partial charge in [0.05, 0.1) is 16.4 Å². The van der Waals surface area contributed by atoms with E-state index in [1.807, 2.05) is 6.07 Å². The maximum Gasteiger partial charge on any atom is 0.278 e. The van der Waals surface area contributed by atoms with Crippen LogP contribution in [0.25, 0.3) is 10.8 Å². The number of nitro groups is 1. The van der Waals surface area contributed by atoms with Gasteiger partial charge in [0.2, 0.25) is 0 Å². The minimum absolute atomic E-state index is 0.0722. The highest BCUT2D eigenvalue weighted by atomic mass is 16.6. The summed E-state index contributed by atoms with van der Waals surface area (Å²) < 4.78 is 0. The van der Waals surface area contributed by atoms with Crippen molar-refractivity contribution in [1.82, 2.24) is 9.88 Å². The highest BCUT2D eigenvalue weighted by Gasteiger charge is 2.17. The quantitative estimate of drug-likeness (QED) is 0.496.